The molecule has 1 heterocycles. The van der Waals surface area contributed by atoms with Crippen LogP contribution in [0.3, 0.4) is 0 Å². The van der Waals surface area contributed by atoms with E-state index in [2.05, 4.69) is 17.0 Å². The summed E-state index contributed by atoms with van der Waals surface area (Å²) in [6.07, 6.45) is 5.56. The first kappa shape index (κ1) is 10.2. The van der Waals surface area contributed by atoms with Crippen LogP contribution >= 0.6 is 0 Å². The van der Waals surface area contributed by atoms with Gasteiger partial charge in [0.05, 0.1) is 0 Å². The Balaban J connectivity index is 1.84. The second-order valence-electron chi connectivity index (χ2n) is 5.19. The summed E-state index contributed by atoms with van der Waals surface area (Å²) in [5.74, 6) is 0.904. The molecule has 1 atom stereocenters. The van der Waals surface area contributed by atoms with Gasteiger partial charge < -0.3 is 5.73 Å². The Bertz CT molecular complexity index is 348. The van der Waals surface area contributed by atoms with E-state index in [-0.39, 0.29) is 0 Å². The maximum Gasteiger partial charge on any atom is 0.0376 e. The highest BCUT2D eigenvalue weighted by atomic mass is 15.2. The monoisotopic (exact) mass is 216 g/mol. The van der Waals surface area contributed by atoms with E-state index in [4.69, 9.17) is 5.73 Å². The minimum atomic E-state index is 0.670. The average molecular weight is 216 g/mol. The van der Waals surface area contributed by atoms with Gasteiger partial charge in [-0.2, -0.15) is 0 Å². The standard InChI is InChI=1S/C14H20N2/c15-13-7-5-12(6-8-13)14(11-3-4-11)16-9-1-2-10-16/h5-8,11,14H,1-4,9-10,15H2. The Morgan fingerprint density at radius 1 is 1.06 bits per heavy atom. The van der Waals surface area contributed by atoms with Crippen molar-refractivity contribution in [1.29, 1.82) is 0 Å². The number of likely N-dealkylation sites (tertiary alicyclic amines) is 1. The van der Waals surface area contributed by atoms with Crippen molar-refractivity contribution >= 4 is 5.69 Å². The zero-order valence-electron chi connectivity index (χ0n) is 9.73. The van der Waals surface area contributed by atoms with E-state index in [1.54, 1.807) is 0 Å². The summed E-state index contributed by atoms with van der Waals surface area (Å²) in [5.41, 5.74) is 8.10. The van der Waals surface area contributed by atoms with Crippen molar-refractivity contribution in [3.63, 3.8) is 0 Å². The molecule has 0 bridgehead atoms. The summed E-state index contributed by atoms with van der Waals surface area (Å²) in [4.78, 5) is 2.67. The number of nitrogen functional groups attached to an aromatic ring is 1. The predicted molar refractivity (Wildman–Crippen MR) is 67.1 cm³/mol. The molecule has 1 aromatic rings. The Labute approximate surface area is 97.4 Å². The van der Waals surface area contributed by atoms with Crippen molar-refractivity contribution in [3.05, 3.63) is 29.8 Å². The van der Waals surface area contributed by atoms with Gasteiger partial charge in [-0.15, -0.1) is 0 Å². The Hall–Kier alpha value is -1.02. The maximum atomic E-state index is 5.76. The van der Waals surface area contributed by atoms with Crippen molar-refractivity contribution in [2.24, 2.45) is 5.92 Å². The zero-order chi connectivity index (χ0) is 11.0. The Morgan fingerprint density at radius 2 is 1.69 bits per heavy atom. The van der Waals surface area contributed by atoms with Gasteiger partial charge in [-0.05, 0) is 62.4 Å². The molecule has 0 spiro atoms. The van der Waals surface area contributed by atoms with Gasteiger partial charge in [0.2, 0.25) is 0 Å². The largest absolute Gasteiger partial charge is 0.399 e. The van der Waals surface area contributed by atoms with Gasteiger partial charge in [-0.1, -0.05) is 12.1 Å². The summed E-state index contributed by atoms with van der Waals surface area (Å²) >= 11 is 0. The zero-order valence-corrected chi connectivity index (χ0v) is 9.73. The molecule has 1 aliphatic heterocycles. The van der Waals surface area contributed by atoms with Crippen LogP contribution < -0.4 is 5.73 Å². The van der Waals surface area contributed by atoms with Crippen LogP contribution in [0.5, 0.6) is 0 Å². The minimum Gasteiger partial charge on any atom is -0.399 e. The van der Waals surface area contributed by atoms with Gasteiger partial charge in [0.1, 0.15) is 0 Å². The average Bonchev–Trinajstić information content (AvgIpc) is 2.97. The third kappa shape index (κ3) is 1.94. The van der Waals surface area contributed by atoms with Crippen molar-refractivity contribution in [2.45, 2.75) is 31.7 Å². The molecule has 2 heteroatoms. The van der Waals surface area contributed by atoms with Crippen LogP contribution in [0.1, 0.15) is 37.3 Å². The fourth-order valence-corrected chi connectivity index (χ4v) is 2.91. The van der Waals surface area contributed by atoms with Crippen LogP contribution in [-0.4, -0.2) is 18.0 Å². The molecule has 86 valence electrons. The number of benzene rings is 1. The quantitative estimate of drug-likeness (QED) is 0.787. The first-order valence-electron chi connectivity index (χ1n) is 6.44. The summed E-state index contributed by atoms with van der Waals surface area (Å²) in [5, 5.41) is 0. The van der Waals surface area contributed by atoms with E-state index < -0.39 is 0 Å². The first-order chi connectivity index (χ1) is 7.84. The van der Waals surface area contributed by atoms with Crippen molar-refractivity contribution < 1.29 is 0 Å². The molecule has 16 heavy (non-hydrogen) atoms. The fourth-order valence-electron chi connectivity index (χ4n) is 2.91. The molecule has 1 aliphatic carbocycles. The van der Waals surface area contributed by atoms with Crippen LogP contribution in [0, 0.1) is 5.92 Å². The molecule has 2 aliphatic rings. The Morgan fingerprint density at radius 3 is 2.25 bits per heavy atom. The molecule has 0 aromatic heterocycles. The van der Waals surface area contributed by atoms with Crippen molar-refractivity contribution in [1.82, 2.24) is 4.90 Å². The van der Waals surface area contributed by atoms with Gasteiger partial charge in [-0.3, -0.25) is 4.90 Å². The summed E-state index contributed by atoms with van der Waals surface area (Å²) in [6.45, 7) is 2.57. The molecule has 1 saturated carbocycles. The number of rotatable bonds is 3. The maximum absolute atomic E-state index is 5.76. The highest BCUT2D eigenvalue weighted by Crippen LogP contribution is 2.45. The number of hydrogen-bond donors (Lipinski definition) is 1. The molecule has 0 amide bonds. The molecular weight excluding hydrogens is 196 g/mol. The molecule has 3 rings (SSSR count). The third-order valence-corrected chi connectivity index (χ3v) is 3.88. The SMILES string of the molecule is Nc1ccc(C(C2CC2)N2CCCC2)cc1. The smallest absolute Gasteiger partial charge is 0.0376 e. The summed E-state index contributed by atoms with van der Waals surface area (Å²) in [7, 11) is 0. The lowest BCUT2D eigenvalue weighted by Crippen LogP contribution is -2.27. The van der Waals surface area contributed by atoms with E-state index in [0.29, 0.717) is 6.04 Å². The normalized spacial score (nSPS) is 23.5. The molecule has 1 aromatic carbocycles. The van der Waals surface area contributed by atoms with Gasteiger partial charge in [-0.25, -0.2) is 0 Å². The molecule has 2 N–H and O–H groups in total. The minimum absolute atomic E-state index is 0.670. The lowest BCUT2D eigenvalue weighted by atomic mass is 10.0. The lowest BCUT2D eigenvalue weighted by Gasteiger charge is -2.28. The van der Waals surface area contributed by atoms with E-state index in [0.717, 1.165) is 11.6 Å². The number of nitrogens with zero attached hydrogens (tertiary/aromatic N) is 1. The van der Waals surface area contributed by atoms with E-state index >= 15 is 0 Å². The topological polar surface area (TPSA) is 29.3 Å². The van der Waals surface area contributed by atoms with Crippen molar-refractivity contribution in [3.8, 4) is 0 Å². The fraction of sp³-hybridized carbons (Fsp3) is 0.571. The lowest BCUT2D eigenvalue weighted by molar-refractivity contribution is 0.221. The molecule has 0 radical (unpaired) electrons. The van der Waals surface area contributed by atoms with Crippen LogP contribution in [0.15, 0.2) is 24.3 Å². The van der Waals surface area contributed by atoms with Crippen molar-refractivity contribution in [2.75, 3.05) is 18.8 Å². The molecular formula is C14H20N2. The number of nitrogens with two attached hydrogens (primary N) is 1. The third-order valence-electron chi connectivity index (χ3n) is 3.88. The van der Waals surface area contributed by atoms with Gasteiger partial charge in [0.15, 0.2) is 0 Å². The molecule has 2 nitrogen and oxygen atoms in total. The molecule has 1 unspecified atom stereocenters. The second-order valence-corrected chi connectivity index (χ2v) is 5.19. The van der Waals surface area contributed by atoms with E-state index in [1.807, 2.05) is 12.1 Å². The first-order valence-corrected chi connectivity index (χ1v) is 6.44. The summed E-state index contributed by atoms with van der Waals surface area (Å²) < 4.78 is 0. The van der Waals surface area contributed by atoms with Crippen LogP contribution in [0.2, 0.25) is 0 Å². The van der Waals surface area contributed by atoms with Gasteiger partial charge in [0, 0.05) is 11.7 Å². The summed E-state index contributed by atoms with van der Waals surface area (Å²) in [6, 6.07) is 9.19. The Kier molecular flexibility index (Phi) is 2.60. The van der Waals surface area contributed by atoms with Crippen LogP contribution in [0.4, 0.5) is 5.69 Å². The number of hydrogen-bond acceptors (Lipinski definition) is 2. The molecule has 1 saturated heterocycles. The molecule has 2 fully saturated rings. The van der Waals surface area contributed by atoms with E-state index in [9.17, 15) is 0 Å². The number of anilines is 1. The highest BCUT2D eigenvalue weighted by Gasteiger charge is 2.36. The van der Waals surface area contributed by atoms with Gasteiger partial charge >= 0.3 is 0 Å². The second kappa shape index (κ2) is 4.10. The van der Waals surface area contributed by atoms with Crippen LogP contribution in [0.25, 0.3) is 0 Å². The highest BCUT2D eigenvalue weighted by molar-refractivity contribution is 5.40. The van der Waals surface area contributed by atoms with Crippen LogP contribution in [-0.2, 0) is 0 Å². The van der Waals surface area contributed by atoms with Gasteiger partial charge in [0.25, 0.3) is 0 Å². The predicted octanol–water partition coefficient (Wildman–Crippen LogP) is 2.82. The van der Waals surface area contributed by atoms with E-state index in [1.165, 1.54) is 44.3 Å².